The van der Waals surface area contributed by atoms with Crippen LogP contribution in [0.25, 0.3) is 0 Å². The summed E-state index contributed by atoms with van der Waals surface area (Å²) in [7, 11) is 0. The maximum absolute atomic E-state index is 11.8. The van der Waals surface area contributed by atoms with Gasteiger partial charge in [0, 0.05) is 24.3 Å². The average molecular weight is 241 g/mol. The van der Waals surface area contributed by atoms with Gasteiger partial charge in [-0.2, -0.15) is 0 Å². The summed E-state index contributed by atoms with van der Waals surface area (Å²) in [6, 6.07) is 0. The molecule has 1 atom stereocenters. The van der Waals surface area contributed by atoms with Crippen LogP contribution in [0, 0.1) is 5.92 Å². The quantitative estimate of drug-likeness (QED) is 0.618. The minimum Gasteiger partial charge on any atom is -0.478 e. The van der Waals surface area contributed by atoms with Crippen molar-refractivity contribution in [2.45, 2.75) is 32.6 Å². The largest absolute Gasteiger partial charge is 0.478 e. The lowest BCUT2D eigenvalue weighted by Crippen LogP contribution is -2.31. The molecule has 3 N–H and O–H groups in total. The summed E-state index contributed by atoms with van der Waals surface area (Å²) in [4.78, 5) is 23.0. The van der Waals surface area contributed by atoms with E-state index in [1.807, 2.05) is 6.92 Å². The van der Waals surface area contributed by atoms with E-state index < -0.39 is 5.97 Å². The lowest BCUT2D eigenvalue weighted by atomic mass is 9.83. The molecule has 0 aliphatic heterocycles. The zero-order valence-corrected chi connectivity index (χ0v) is 10.0. The molecular formula is C12H19NO4. The van der Waals surface area contributed by atoms with Crippen LogP contribution >= 0.6 is 0 Å². The number of rotatable bonds is 5. The zero-order chi connectivity index (χ0) is 12.8. The van der Waals surface area contributed by atoms with Gasteiger partial charge in [0.2, 0.25) is 5.91 Å². The maximum Gasteiger partial charge on any atom is 0.332 e. The predicted molar refractivity (Wildman–Crippen MR) is 62.4 cm³/mol. The van der Waals surface area contributed by atoms with Crippen molar-refractivity contribution in [3.05, 3.63) is 11.1 Å². The topological polar surface area (TPSA) is 86.6 Å². The normalized spacial score (nSPS) is 20.2. The van der Waals surface area contributed by atoms with Gasteiger partial charge in [-0.15, -0.1) is 0 Å². The molecule has 0 saturated carbocycles. The number of hydrogen-bond donors (Lipinski definition) is 3. The molecule has 96 valence electrons. The first-order valence-electron chi connectivity index (χ1n) is 5.93. The summed E-state index contributed by atoms with van der Waals surface area (Å²) in [5.74, 6) is -1.37. The SMILES string of the molecule is CC1CCCC(C(=O)NCCCO)=C1C(=O)O. The highest BCUT2D eigenvalue weighted by Crippen LogP contribution is 2.30. The Hall–Kier alpha value is -1.36. The van der Waals surface area contributed by atoms with Gasteiger partial charge in [-0.25, -0.2) is 4.79 Å². The van der Waals surface area contributed by atoms with E-state index in [9.17, 15) is 9.59 Å². The third-order valence-corrected chi connectivity index (χ3v) is 3.01. The molecule has 1 aliphatic rings. The van der Waals surface area contributed by atoms with Crippen molar-refractivity contribution < 1.29 is 19.8 Å². The van der Waals surface area contributed by atoms with Gasteiger partial charge in [0.25, 0.3) is 0 Å². The summed E-state index contributed by atoms with van der Waals surface area (Å²) in [6.45, 7) is 2.23. The molecule has 0 fully saturated rings. The second kappa shape index (κ2) is 6.39. The minimum absolute atomic E-state index is 0.0154. The zero-order valence-electron chi connectivity index (χ0n) is 10.0. The Labute approximate surface area is 101 Å². The smallest absolute Gasteiger partial charge is 0.332 e. The highest BCUT2D eigenvalue weighted by molar-refractivity contribution is 6.02. The molecular weight excluding hydrogens is 222 g/mol. The molecule has 1 amide bonds. The van der Waals surface area contributed by atoms with Crippen LogP contribution in [0.3, 0.4) is 0 Å². The third kappa shape index (κ3) is 3.56. The minimum atomic E-state index is -0.996. The fourth-order valence-electron chi connectivity index (χ4n) is 2.12. The van der Waals surface area contributed by atoms with Gasteiger partial charge in [0.15, 0.2) is 0 Å². The fourth-order valence-corrected chi connectivity index (χ4v) is 2.12. The van der Waals surface area contributed by atoms with E-state index in [-0.39, 0.29) is 24.0 Å². The maximum atomic E-state index is 11.8. The molecule has 5 heteroatoms. The summed E-state index contributed by atoms with van der Waals surface area (Å²) in [5.41, 5.74) is 0.645. The number of carboxylic acid groups (broad SMARTS) is 1. The molecule has 5 nitrogen and oxygen atoms in total. The Kier molecular flexibility index (Phi) is 5.15. The summed E-state index contributed by atoms with van der Waals surface area (Å²) < 4.78 is 0. The molecule has 0 aromatic rings. The van der Waals surface area contributed by atoms with Crippen molar-refractivity contribution in [3.63, 3.8) is 0 Å². The first-order valence-corrected chi connectivity index (χ1v) is 5.93. The van der Waals surface area contributed by atoms with Crippen LogP contribution in [-0.4, -0.2) is 35.2 Å². The second-order valence-electron chi connectivity index (χ2n) is 4.32. The van der Waals surface area contributed by atoms with Crippen molar-refractivity contribution in [1.29, 1.82) is 0 Å². The van der Waals surface area contributed by atoms with Gasteiger partial charge >= 0.3 is 5.97 Å². The van der Waals surface area contributed by atoms with Crippen molar-refractivity contribution in [2.24, 2.45) is 5.92 Å². The Morgan fingerprint density at radius 1 is 1.47 bits per heavy atom. The van der Waals surface area contributed by atoms with Crippen LogP contribution < -0.4 is 5.32 Å². The molecule has 0 aromatic heterocycles. The highest BCUT2D eigenvalue weighted by Gasteiger charge is 2.28. The number of aliphatic hydroxyl groups is 1. The lowest BCUT2D eigenvalue weighted by molar-refractivity contribution is -0.134. The molecule has 0 radical (unpaired) electrons. The molecule has 0 heterocycles. The van der Waals surface area contributed by atoms with Gasteiger partial charge in [-0.3, -0.25) is 4.79 Å². The van der Waals surface area contributed by atoms with E-state index in [2.05, 4.69) is 5.32 Å². The standard InChI is InChI=1S/C12H19NO4/c1-8-4-2-5-9(10(8)12(16)17)11(15)13-6-3-7-14/h8,14H,2-7H2,1H3,(H,13,15)(H,16,17). The molecule has 0 spiro atoms. The van der Waals surface area contributed by atoms with E-state index >= 15 is 0 Å². The summed E-state index contributed by atoms with van der Waals surface area (Å²) in [5, 5.41) is 20.4. The van der Waals surface area contributed by atoms with Gasteiger partial charge in [0.05, 0.1) is 0 Å². The summed E-state index contributed by atoms with van der Waals surface area (Å²) >= 11 is 0. The van der Waals surface area contributed by atoms with Crippen molar-refractivity contribution in [2.75, 3.05) is 13.2 Å². The van der Waals surface area contributed by atoms with E-state index in [0.29, 0.717) is 25.0 Å². The van der Waals surface area contributed by atoms with Gasteiger partial charge < -0.3 is 15.5 Å². The Morgan fingerprint density at radius 3 is 2.76 bits per heavy atom. The molecule has 1 unspecified atom stereocenters. The van der Waals surface area contributed by atoms with Gasteiger partial charge in [-0.1, -0.05) is 6.92 Å². The molecule has 0 aromatic carbocycles. The summed E-state index contributed by atoms with van der Waals surface area (Å²) in [6.07, 6.45) is 2.67. The van der Waals surface area contributed by atoms with E-state index in [4.69, 9.17) is 10.2 Å². The number of carbonyl (C=O) groups is 2. The number of aliphatic hydroxyl groups excluding tert-OH is 1. The fraction of sp³-hybridized carbons (Fsp3) is 0.667. The third-order valence-electron chi connectivity index (χ3n) is 3.01. The number of carbonyl (C=O) groups excluding carboxylic acids is 1. The molecule has 1 aliphatic carbocycles. The molecule has 1 rings (SSSR count). The van der Waals surface area contributed by atoms with E-state index in [0.717, 1.165) is 12.8 Å². The second-order valence-corrected chi connectivity index (χ2v) is 4.32. The van der Waals surface area contributed by atoms with Crippen LogP contribution in [0.5, 0.6) is 0 Å². The molecule has 17 heavy (non-hydrogen) atoms. The van der Waals surface area contributed by atoms with Gasteiger partial charge in [0.1, 0.15) is 0 Å². The number of aliphatic carboxylic acids is 1. The first-order chi connectivity index (χ1) is 8.07. The van der Waals surface area contributed by atoms with Crippen LogP contribution in [0.2, 0.25) is 0 Å². The molecule has 0 bridgehead atoms. The predicted octanol–water partition coefficient (Wildman–Crippen LogP) is 0.686. The Morgan fingerprint density at radius 2 is 2.18 bits per heavy atom. The van der Waals surface area contributed by atoms with E-state index in [1.165, 1.54) is 0 Å². The van der Waals surface area contributed by atoms with Crippen LogP contribution in [0.1, 0.15) is 32.6 Å². The average Bonchev–Trinajstić information content (AvgIpc) is 2.28. The highest BCUT2D eigenvalue weighted by atomic mass is 16.4. The van der Waals surface area contributed by atoms with Crippen LogP contribution in [0.4, 0.5) is 0 Å². The Bertz CT molecular complexity index is 335. The van der Waals surface area contributed by atoms with Gasteiger partial charge in [-0.05, 0) is 31.6 Å². The number of amides is 1. The van der Waals surface area contributed by atoms with Crippen molar-refractivity contribution in [3.8, 4) is 0 Å². The lowest BCUT2D eigenvalue weighted by Gasteiger charge is -2.22. The molecule has 0 saturated heterocycles. The number of hydrogen-bond acceptors (Lipinski definition) is 3. The Balaban J connectivity index is 2.79. The van der Waals surface area contributed by atoms with Crippen molar-refractivity contribution in [1.82, 2.24) is 5.32 Å². The van der Waals surface area contributed by atoms with Crippen LogP contribution in [0.15, 0.2) is 11.1 Å². The van der Waals surface area contributed by atoms with Crippen molar-refractivity contribution >= 4 is 11.9 Å². The van der Waals surface area contributed by atoms with E-state index in [1.54, 1.807) is 0 Å². The first kappa shape index (κ1) is 13.7. The van der Waals surface area contributed by atoms with Crippen LogP contribution in [-0.2, 0) is 9.59 Å². The monoisotopic (exact) mass is 241 g/mol. The number of nitrogens with one attached hydrogen (secondary N) is 1. The number of carboxylic acids is 1.